The van der Waals surface area contributed by atoms with Gasteiger partial charge in [-0.1, -0.05) is 0 Å². The fourth-order valence-corrected chi connectivity index (χ4v) is 2.16. The van der Waals surface area contributed by atoms with Crippen LogP contribution in [0.15, 0.2) is 31.0 Å². The molecule has 6 heteroatoms. The minimum absolute atomic E-state index is 0.455. The average Bonchev–Trinajstić information content (AvgIpc) is 2.38. The number of hydrogen-bond acceptors (Lipinski definition) is 6. The van der Waals surface area contributed by atoms with Crippen LogP contribution in [0, 0.1) is 6.92 Å². The number of nitrogens with zero attached hydrogens (tertiary/aromatic N) is 6. The number of aryl methyl sites for hydroxylation is 1. The van der Waals surface area contributed by atoms with E-state index in [0.717, 1.165) is 30.4 Å². The standard InChI is InChI=1S/C13H16N6/c1-10-5-12(17-9-16-10)18(2)11-7-19(8-11)13-6-14-3-4-15-13/h3-6,9,11H,7-8H2,1-2H3. The van der Waals surface area contributed by atoms with Gasteiger partial charge in [0, 0.05) is 44.3 Å². The van der Waals surface area contributed by atoms with Gasteiger partial charge in [-0.15, -0.1) is 0 Å². The second-order valence-electron chi connectivity index (χ2n) is 4.75. The van der Waals surface area contributed by atoms with E-state index < -0.39 is 0 Å². The zero-order valence-electron chi connectivity index (χ0n) is 11.1. The SMILES string of the molecule is Cc1cc(N(C)C2CN(c3cnccn3)C2)ncn1. The van der Waals surface area contributed by atoms with Gasteiger partial charge in [-0.2, -0.15) is 0 Å². The Morgan fingerprint density at radius 1 is 1.21 bits per heavy atom. The molecule has 0 aliphatic carbocycles. The summed E-state index contributed by atoms with van der Waals surface area (Å²) in [5.74, 6) is 1.90. The molecular formula is C13H16N6. The van der Waals surface area contributed by atoms with Crippen LogP contribution in [0.4, 0.5) is 11.6 Å². The third-order valence-electron chi connectivity index (χ3n) is 3.43. The summed E-state index contributed by atoms with van der Waals surface area (Å²) in [4.78, 5) is 21.2. The Morgan fingerprint density at radius 2 is 2.05 bits per heavy atom. The molecule has 1 aliphatic heterocycles. The molecule has 0 amide bonds. The van der Waals surface area contributed by atoms with Crippen LogP contribution in [0.5, 0.6) is 0 Å². The summed E-state index contributed by atoms with van der Waals surface area (Å²) in [6.07, 6.45) is 6.82. The van der Waals surface area contributed by atoms with E-state index in [2.05, 4.69) is 36.8 Å². The van der Waals surface area contributed by atoms with E-state index in [0.29, 0.717) is 6.04 Å². The van der Waals surface area contributed by atoms with Crippen LogP contribution < -0.4 is 9.80 Å². The molecule has 1 fully saturated rings. The van der Waals surface area contributed by atoms with E-state index >= 15 is 0 Å². The summed E-state index contributed by atoms with van der Waals surface area (Å²) >= 11 is 0. The van der Waals surface area contributed by atoms with Crippen LogP contribution >= 0.6 is 0 Å². The van der Waals surface area contributed by atoms with Crippen molar-refractivity contribution in [3.63, 3.8) is 0 Å². The van der Waals surface area contributed by atoms with Crippen LogP contribution in [0.3, 0.4) is 0 Å². The zero-order chi connectivity index (χ0) is 13.2. The van der Waals surface area contributed by atoms with Crippen LogP contribution in [-0.2, 0) is 0 Å². The van der Waals surface area contributed by atoms with Gasteiger partial charge in [0.1, 0.15) is 18.0 Å². The van der Waals surface area contributed by atoms with Crippen molar-refractivity contribution in [1.29, 1.82) is 0 Å². The van der Waals surface area contributed by atoms with E-state index in [9.17, 15) is 0 Å². The monoisotopic (exact) mass is 256 g/mol. The van der Waals surface area contributed by atoms with Gasteiger partial charge in [-0.05, 0) is 6.92 Å². The Bertz CT molecular complexity index is 552. The lowest BCUT2D eigenvalue weighted by atomic mass is 10.1. The first-order chi connectivity index (χ1) is 9.24. The van der Waals surface area contributed by atoms with Crippen molar-refractivity contribution in [1.82, 2.24) is 19.9 Å². The van der Waals surface area contributed by atoms with Crippen LogP contribution in [0.25, 0.3) is 0 Å². The molecule has 19 heavy (non-hydrogen) atoms. The molecule has 0 bridgehead atoms. The first kappa shape index (κ1) is 11.8. The first-order valence-electron chi connectivity index (χ1n) is 6.26. The van der Waals surface area contributed by atoms with Crippen LogP contribution in [-0.4, -0.2) is 46.1 Å². The number of aromatic nitrogens is 4. The van der Waals surface area contributed by atoms with Crippen molar-refractivity contribution in [3.05, 3.63) is 36.7 Å². The Morgan fingerprint density at radius 3 is 2.74 bits per heavy atom. The van der Waals surface area contributed by atoms with E-state index in [4.69, 9.17) is 0 Å². The summed E-state index contributed by atoms with van der Waals surface area (Å²) in [6, 6.07) is 2.46. The predicted molar refractivity (Wildman–Crippen MR) is 73.2 cm³/mol. The molecule has 0 unspecified atom stereocenters. The summed E-state index contributed by atoms with van der Waals surface area (Å²) in [5, 5.41) is 0. The van der Waals surface area contributed by atoms with Gasteiger partial charge in [-0.3, -0.25) is 4.98 Å². The smallest absolute Gasteiger partial charge is 0.147 e. The van der Waals surface area contributed by atoms with Crippen molar-refractivity contribution in [2.45, 2.75) is 13.0 Å². The largest absolute Gasteiger partial charge is 0.353 e. The number of likely N-dealkylation sites (N-methyl/N-ethyl adjacent to an activating group) is 1. The molecule has 3 heterocycles. The lowest BCUT2D eigenvalue weighted by molar-refractivity contribution is 0.488. The fourth-order valence-electron chi connectivity index (χ4n) is 2.16. The van der Waals surface area contributed by atoms with Crippen molar-refractivity contribution < 1.29 is 0 Å². The molecule has 0 spiro atoms. The topological polar surface area (TPSA) is 58.0 Å². The Hall–Kier alpha value is -2.24. The minimum atomic E-state index is 0.455. The maximum Gasteiger partial charge on any atom is 0.147 e. The highest BCUT2D eigenvalue weighted by Crippen LogP contribution is 2.23. The maximum absolute atomic E-state index is 4.31. The second-order valence-corrected chi connectivity index (χ2v) is 4.75. The van der Waals surface area contributed by atoms with E-state index in [1.807, 2.05) is 13.0 Å². The lowest BCUT2D eigenvalue weighted by Gasteiger charge is -2.44. The third-order valence-corrected chi connectivity index (χ3v) is 3.43. The van der Waals surface area contributed by atoms with Gasteiger partial charge in [-0.25, -0.2) is 15.0 Å². The predicted octanol–water partition coefficient (Wildman–Crippen LogP) is 0.900. The van der Waals surface area contributed by atoms with Crippen molar-refractivity contribution in [3.8, 4) is 0 Å². The van der Waals surface area contributed by atoms with Gasteiger partial charge < -0.3 is 9.80 Å². The minimum Gasteiger partial charge on any atom is -0.353 e. The summed E-state index contributed by atoms with van der Waals surface area (Å²) in [6.45, 7) is 3.86. The quantitative estimate of drug-likeness (QED) is 0.813. The fraction of sp³-hybridized carbons (Fsp3) is 0.385. The normalized spacial score (nSPS) is 15.2. The highest BCUT2D eigenvalue weighted by atomic mass is 15.3. The van der Waals surface area contributed by atoms with Crippen molar-refractivity contribution >= 4 is 11.6 Å². The number of hydrogen-bond donors (Lipinski definition) is 0. The van der Waals surface area contributed by atoms with Gasteiger partial charge in [0.25, 0.3) is 0 Å². The zero-order valence-corrected chi connectivity index (χ0v) is 11.1. The van der Waals surface area contributed by atoms with Gasteiger partial charge in [0.05, 0.1) is 12.2 Å². The molecule has 3 rings (SSSR count). The molecule has 1 aliphatic rings. The molecule has 0 radical (unpaired) electrons. The molecule has 0 aromatic carbocycles. The van der Waals surface area contributed by atoms with Gasteiger partial charge in [0.15, 0.2) is 0 Å². The van der Waals surface area contributed by atoms with Crippen LogP contribution in [0.1, 0.15) is 5.69 Å². The lowest BCUT2D eigenvalue weighted by Crippen LogP contribution is -2.59. The first-order valence-corrected chi connectivity index (χ1v) is 6.26. The molecule has 0 N–H and O–H groups in total. The number of anilines is 2. The molecule has 0 saturated carbocycles. The highest BCUT2D eigenvalue weighted by Gasteiger charge is 2.31. The Labute approximate surface area is 112 Å². The summed E-state index contributed by atoms with van der Waals surface area (Å²) in [5.41, 5.74) is 0.988. The second kappa shape index (κ2) is 4.79. The molecule has 1 saturated heterocycles. The molecule has 2 aromatic heterocycles. The Kier molecular flexibility index (Phi) is 2.98. The van der Waals surface area contributed by atoms with Crippen molar-refractivity contribution in [2.24, 2.45) is 0 Å². The van der Waals surface area contributed by atoms with E-state index in [-0.39, 0.29) is 0 Å². The van der Waals surface area contributed by atoms with Gasteiger partial charge >= 0.3 is 0 Å². The van der Waals surface area contributed by atoms with Crippen LogP contribution in [0.2, 0.25) is 0 Å². The molecule has 98 valence electrons. The molecular weight excluding hydrogens is 240 g/mol. The molecule has 0 atom stereocenters. The Balaban J connectivity index is 1.64. The van der Waals surface area contributed by atoms with Crippen molar-refractivity contribution in [2.75, 3.05) is 29.9 Å². The summed E-state index contributed by atoms with van der Waals surface area (Å²) in [7, 11) is 2.07. The maximum atomic E-state index is 4.31. The van der Waals surface area contributed by atoms with E-state index in [1.54, 1.807) is 24.9 Å². The molecule has 6 nitrogen and oxygen atoms in total. The average molecular weight is 256 g/mol. The molecule has 2 aromatic rings. The van der Waals surface area contributed by atoms with Gasteiger partial charge in [0.2, 0.25) is 0 Å². The third kappa shape index (κ3) is 2.33. The summed E-state index contributed by atoms with van der Waals surface area (Å²) < 4.78 is 0. The highest BCUT2D eigenvalue weighted by molar-refractivity contribution is 5.46. The number of rotatable bonds is 3. The van der Waals surface area contributed by atoms with E-state index in [1.165, 1.54) is 0 Å².